The van der Waals surface area contributed by atoms with Crippen LogP contribution in [-0.2, 0) is 4.74 Å². The molecule has 0 fully saturated rings. The second-order valence-corrected chi connectivity index (χ2v) is 4.09. The third-order valence-corrected chi connectivity index (χ3v) is 2.20. The van der Waals surface area contributed by atoms with Gasteiger partial charge in [0.1, 0.15) is 0 Å². The summed E-state index contributed by atoms with van der Waals surface area (Å²) in [6.07, 6.45) is 2.22. The molecule has 2 heteroatoms. The molecule has 0 aromatic heterocycles. The molecule has 0 aliphatic carbocycles. The molecule has 0 bridgehead atoms. The number of nitrogens with one attached hydrogen (secondary N) is 1. The largest absolute Gasteiger partial charge is 0.377 e. The smallest absolute Gasteiger partial charge is 0.0810 e. The van der Waals surface area contributed by atoms with E-state index in [0.29, 0.717) is 0 Å². The highest BCUT2D eigenvalue weighted by Crippen LogP contribution is 2.16. The van der Waals surface area contributed by atoms with Crippen molar-refractivity contribution in [2.45, 2.75) is 46.3 Å². The first-order chi connectivity index (χ1) is 5.94. The summed E-state index contributed by atoms with van der Waals surface area (Å²) in [6, 6.07) is 0.285. The standard InChI is InChI=1S/C11H23NO/c1-7-12-10(8-9(2)3)11(4,5)13-6/h8,10,12H,7H2,1-6H3. The van der Waals surface area contributed by atoms with Crippen LogP contribution in [0.2, 0.25) is 0 Å². The zero-order valence-electron chi connectivity index (χ0n) is 9.77. The van der Waals surface area contributed by atoms with Crippen LogP contribution in [0.1, 0.15) is 34.6 Å². The van der Waals surface area contributed by atoms with Crippen LogP contribution in [0.25, 0.3) is 0 Å². The van der Waals surface area contributed by atoms with Crippen LogP contribution in [0.15, 0.2) is 11.6 Å². The molecule has 0 rings (SSSR count). The molecule has 1 N–H and O–H groups in total. The number of allylic oxidation sites excluding steroid dienone is 1. The summed E-state index contributed by atoms with van der Waals surface area (Å²) in [4.78, 5) is 0. The second-order valence-electron chi connectivity index (χ2n) is 4.09. The maximum atomic E-state index is 5.45. The minimum Gasteiger partial charge on any atom is -0.377 e. The van der Waals surface area contributed by atoms with Crippen LogP contribution in [0.4, 0.5) is 0 Å². The van der Waals surface area contributed by atoms with Crippen LogP contribution in [-0.4, -0.2) is 25.3 Å². The Labute approximate surface area is 82.4 Å². The summed E-state index contributed by atoms with van der Waals surface area (Å²) in [5.74, 6) is 0. The van der Waals surface area contributed by atoms with Gasteiger partial charge in [-0.1, -0.05) is 18.6 Å². The molecule has 0 saturated heterocycles. The van der Waals surface area contributed by atoms with Gasteiger partial charge in [-0.3, -0.25) is 0 Å². The van der Waals surface area contributed by atoms with Gasteiger partial charge in [-0.15, -0.1) is 0 Å². The molecule has 0 aromatic rings. The Morgan fingerprint density at radius 3 is 2.31 bits per heavy atom. The van der Waals surface area contributed by atoms with Crippen molar-refractivity contribution in [1.82, 2.24) is 5.32 Å². The molecule has 0 aliphatic heterocycles. The first-order valence-electron chi connectivity index (χ1n) is 4.87. The molecule has 2 nitrogen and oxygen atoms in total. The molecule has 0 aliphatic rings. The van der Waals surface area contributed by atoms with Crippen molar-refractivity contribution in [3.8, 4) is 0 Å². The molecular formula is C11H23NO. The van der Waals surface area contributed by atoms with Crippen LogP contribution in [0, 0.1) is 0 Å². The highest BCUT2D eigenvalue weighted by molar-refractivity contribution is 5.07. The van der Waals surface area contributed by atoms with Crippen LogP contribution < -0.4 is 5.32 Å². The molecule has 0 radical (unpaired) electrons. The van der Waals surface area contributed by atoms with E-state index >= 15 is 0 Å². The molecular weight excluding hydrogens is 162 g/mol. The Hall–Kier alpha value is -0.340. The predicted octanol–water partition coefficient (Wildman–Crippen LogP) is 2.36. The Kier molecular flexibility index (Phi) is 5.26. The maximum absolute atomic E-state index is 5.45. The lowest BCUT2D eigenvalue weighted by molar-refractivity contribution is 0.00321. The third-order valence-electron chi connectivity index (χ3n) is 2.20. The lowest BCUT2D eigenvalue weighted by atomic mass is 9.96. The van der Waals surface area contributed by atoms with Crippen molar-refractivity contribution in [2.24, 2.45) is 0 Å². The van der Waals surface area contributed by atoms with E-state index in [1.165, 1.54) is 5.57 Å². The van der Waals surface area contributed by atoms with Gasteiger partial charge < -0.3 is 10.1 Å². The van der Waals surface area contributed by atoms with Crippen molar-refractivity contribution in [3.63, 3.8) is 0 Å². The van der Waals surface area contributed by atoms with Crippen LogP contribution >= 0.6 is 0 Å². The van der Waals surface area contributed by atoms with E-state index in [1.54, 1.807) is 7.11 Å². The zero-order valence-corrected chi connectivity index (χ0v) is 9.77. The summed E-state index contributed by atoms with van der Waals surface area (Å²) in [7, 11) is 1.75. The van der Waals surface area contributed by atoms with Gasteiger partial charge in [0.2, 0.25) is 0 Å². The second kappa shape index (κ2) is 5.40. The van der Waals surface area contributed by atoms with Gasteiger partial charge in [-0.05, 0) is 34.2 Å². The molecule has 13 heavy (non-hydrogen) atoms. The first kappa shape index (κ1) is 12.7. The van der Waals surface area contributed by atoms with Crippen molar-refractivity contribution in [3.05, 3.63) is 11.6 Å². The van der Waals surface area contributed by atoms with Crippen molar-refractivity contribution in [1.29, 1.82) is 0 Å². The van der Waals surface area contributed by atoms with E-state index in [2.05, 4.69) is 46.0 Å². The third kappa shape index (κ3) is 4.44. The van der Waals surface area contributed by atoms with Crippen molar-refractivity contribution < 1.29 is 4.74 Å². The summed E-state index contributed by atoms with van der Waals surface area (Å²) < 4.78 is 5.45. The SMILES string of the molecule is CCNC(C=C(C)C)C(C)(C)OC. The van der Waals surface area contributed by atoms with E-state index in [4.69, 9.17) is 4.74 Å². The number of methoxy groups -OCH3 is 1. The fourth-order valence-electron chi connectivity index (χ4n) is 1.19. The molecule has 0 amide bonds. The average Bonchev–Trinajstić information content (AvgIpc) is 2.03. The Balaban J connectivity index is 4.50. The molecule has 1 atom stereocenters. The number of ether oxygens (including phenoxy) is 1. The molecule has 0 heterocycles. The monoisotopic (exact) mass is 185 g/mol. The van der Waals surface area contributed by atoms with E-state index in [1.807, 2.05) is 0 Å². The number of hydrogen-bond acceptors (Lipinski definition) is 2. The first-order valence-corrected chi connectivity index (χ1v) is 4.87. The molecule has 0 aromatic carbocycles. The van der Waals surface area contributed by atoms with E-state index in [9.17, 15) is 0 Å². The van der Waals surface area contributed by atoms with Crippen LogP contribution in [0.5, 0.6) is 0 Å². The van der Waals surface area contributed by atoms with Gasteiger partial charge in [-0.2, -0.15) is 0 Å². The van der Waals surface area contributed by atoms with Gasteiger partial charge in [0, 0.05) is 7.11 Å². The Morgan fingerprint density at radius 2 is 2.00 bits per heavy atom. The summed E-state index contributed by atoms with van der Waals surface area (Å²) in [5, 5.41) is 3.40. The minimum atomic E-state index is -0.146. The van der Waals surface area contributed by atoms with Crippen molar-refractivity contribution in [2.75, 3.05) is 13.7 Å². The normalized spacial score (nSPS) is 14.0. The summed E-state index contributed by atoms with van der Waals surface area (Å²) in [5.41, 5.74) is 1.17. The molecule has 0 spiro atoms. The molecule has 0 saturated carbocycles. The van der Waals surface area contributed by atoms with Gasteiger partial charge in [0.15, 0.2) is 0 Å². The molecule has 78 valence electrons. The predicted molar refractivity (Wildman–Crippen MR) is 58.0 cm³/mol. The number of rotatable bonds is 5. The van der Waals surface area contributed by atoms with Crippen LogP contribution in [0.3, 0.4) is 0 Å². The van der Waals surface area contributed by atoms with Gasteiger partial charge in [0.25, 0.3) is 0 Å². The summed E-state index contributed by atoms with van der Waals surface area (Å²) >= 11 is 0. The van der Waals surface area contributed by atoms with Crippen molar-refractivity contribution >= 4 is 0 Å². The van der Waals surface area contributed by atoms with E-state index in [0.717, 1.165) is 6.54 Å². The number of hydrogen-bond donors (Lipinski definition) is 1. The van der Waals surface area contributed by atoms with Gasteiger partial charge >= 0.3 is 0 Å². The quantitative estimate of drug-likeness (QED) is 0.664. The van der Waals surface area contributed by atoms with E-state index < -0.39 is 0 Å². The van der Waals surface area contributed by atoms with Gasteiger partial charge in [-0.25, -0.2) is 0 Å². The lowest BCUT2D eigenvalue weighted by Crippen LogP contribution is -2.46. The van der Waals surface area contributed by atoms with E-state index in [-0.39, 0.29) is 11.6 Å². The average molecular weight is 185 g/mol. The lowest BCUT2D eigenvalue weighted by Gasteiger charge is -2.32. The summed E-state index contributed by atoms with van der Waals surface area (Å²) in [6.45, 7) is 11.5. The number of likely N-dealkylation sites (N-methyl/N-ethyl adjacent to an activating group) is 1. The highest BCUT2D eigenvalue weighted by atomic mass is 16.5. The Morgan fingerprint density at radius 1 is 1.46 bits per heavy atom. The Bertz CT molecular complexity index is 169. The fraction of sp³-hybridized carbons (Fsp3) is 0.818. The van der Waals surface area contributed by atoms with Gasteiger partial charge in [0.05, 0.1) is 11.6 Å². The zero-order chi connectivity index (χ0) is 10.5. The topological polar surface area (TPSA) is 21.3 Å². The minimum absolute atomic E-state index is 0.146. The molecule has 1 unspecified atom stereocenters. The highest BCUT2D eigenvalue weighted by Gasteiger charge is 2.26. The fourth-order valence-corrected chi connectivity index (χ4v) is 1.19. The maximum Gasteiger partial charge on any atom is 0.0810 e.